The molecule has 0 radical (unpaired) electrons. The van der Waals surface area contributed by atoms with Gasteiger partial charge in [0.25, 0.3) is 0 Å². The van der Waals surface area contributed by atoms with Crippen LogP contribution in [0.1, 0.15) is 78.2 Å². The normalized spacial score (nSPS) is 25.0. The van der Waals surface area contributed by atoms with Crippen LogP contribution in [0.5, 0.6) is 0 Å². The molecule has 6 heteroatoms. The van der Waals surface area contributed by atoms with E-state index in [2.05, 4.69) is 104 Å². The summed E-state index contributed by atoms with van der Waals surface area (Å²) in [4.78, 5) is 0. The fraction of sp³-hybridized carbons (Fsp3) is 0.538. The maximum atomic E-state index is 6.61. The lowest BCUT2D eigenvalue weighted by atomic mass is 9.49. The molecular formula is C26H36B2O4. The summed E-state index contributed by atoms with van der Waals surface area (Å²) in [7, 11) is -0.877. The Morgan fingerprint density at radius 2 is 0.719 bits per heavy atom. The van der Waals surface area contributed by atoms with Crippen molar-refractivity contribution in [2.24, 2.45) is 0 Å². The van der Waals surface area contributed by atoms with Gasteiger partial charge in [-0.15, -0.1) is 0 Å². The molecule has 0 saturated carbocycles. The van der Waals surface area contributed by atoms with E-state index in [-0.39, 0.29) is 11.6 Å². The molecule has 2 atom stereocenters. The SMILES string of the molecule is CC1(C)OB([C@H](c2ccccc2)[C@H](B2OC(C)(C)C(C)(C)O2)c2ccccc2)OC1(C)C. The third kappa shape index (κ3) is 4.07. The molecule has 2 fully saturated rings. The van der Waals surface area contributed by atoms with Crippen molar-refractivity contribution in [2.75, 3.05) is 0 Å². The van der Waals surface area contributed by atoms with Crippen LogP contribution in [0.2, 0.25) is 0 Å². The molecule has 2 heterocycles. The highest BCUT2D eigenvalue weighted by Gasteiger charge is 2.61. The molecule has 0 unspecified atom stereocenters. The Bertz CT molecular complexity index is 818. The van der Waals surface area contributed by atoms with E-state index in [1.165, 1.54) is 0 Å². The van der Waals surface area contributed by atoms with Gasteiger partial charge < -0.3 is 18.6 Å². The first-order valence-corrected chi connectivity index (χ1v) is 11.7. The molecule has 4 rings (SSSR count). The third-order valence-corrected chi connectivity index (χ3v) is 7.89. The first-order chi connectivity index (χ1) is 14.8. The molecule has 0 bridgehead atoms. The van der Waals surface area contributed by atoms with Crippen LogP contribution in [0, 0.1) is 0 Å². The molecule has 2 saturated heterocycles. The molecule has 0 aromatic heterocycles. The maximum Gasteiger partial charge on any atom is 0.465 e. The molecule has 2 aliphatic rings. The first kappa shape index (κ1) is 23.6. The Morgan fingerprint density at radius 1 is 0.469 bits per heavy atom. The molecule has 0 spiro atoms. The zero-order chi connectivity index (χ0) is 23.4. The average Bonchev–Trinajstić information content (AvgIpc) is 3.06. The smallest absolute Gasteiger partial charge is 0.403 e. The molecule has 32 heavy (non-hydrogen) atoms. The van der Waals surface area contributed by atoms with Crippen LogP contribution in [-0.2, 0) is 18.6 Å². The number of benzene rings is 2. The van der Waals surface area contributed by atoms with Crippen LogP contribution in [0.25, 0.3) is 0 Å². The van der Waals surface area contributed by atoms with Crippen LogP contribution in [0.3, 0.4) is 0 Å². The van der Waals surface area contributed by atoms with Crippen LogP contribution >= 0.6 is 0 Å². The lowest BCUT2D eigenvalue weighted by molar-refractivity contribution is 0.00578. The Balaban J connectivity index is 1.84. The topological polar surface area (TPSA) is 36.9 Å². The quantitative estimate of drug-likeness (QED) is 0.557. The van der Waals surface area contributed by atoms with Gasteiger partial charge in [0.15, 0.2) is 0 Å². The number of hydrogen-bond donors (Lipinski definition) is 0. The van der Waals surface area contributed by atoms with Gasteiger partial charge in [0.2, 0.25) is 0 Å². The maximum absolute atomic E-state index is 6.61. The summed E-state index contributed by atoms with van der Waals surface area (Å²) in [5.41, 5.74) is 0.581. The van der Waals surface area contributed by atoms with E-state index in [0.29, 0.717) is 0 Å². The van der Waals surface area contributed by atoms with Gasteiger partial charge in [-0.1, -0.05) is 60.7 Å². The largest absolute Gasteiger partial charge is 0.465 e. The van der Waals surface area contributed by atoms with E-state index in [9.17, 15) is 0 Å². The van der Waals surface area contributed by atoms with Crippen molar-refractivity contribution in [3.05, 3.63) is 71.8 Å². The monoisotopic (exact) mass is 434 g/mol. The third-order valence-electron chi connectivity index (χ3n) is 7.89. The summed E-state index contributed by atoms with van der Waals surface area (Å²) < 4.78 is 26.5. The highest BCUT2D eigenvalue weighted by atomic mass is 16.7. The molecule has 0 N–H and O–H groups in total. The van der Waals surface area contributed by atoms with Gasteiger partial charge in [0, 0.05) is 11.6 Å². The van der Waals surface area contributed by atoms with Gasteiger partial charge in [-0.2, -0.15) is 0 Å². The summed E-state index contributed by atoms with van der Waals surface area (Å²) in [6, 6.07) is 21.0. The van der Waals surface area contributed by atoms with Gasteiger partial charge in [-0.3, -0.25) is 0 Å². The second-order valence-electron chi connectivity index (χ2n) is 11.1. The molecule has 2 aromatic carbocycles. The fourth-order valence-electron chi connectivity index (χ4n) is 4.49. The molecular weight excluding hydrogens is 398 g/mol. The van der Waals surface area contributed by atoms with Gasteiger partial charge in [0.1, 0.15) is 0 Å². The minimum absolute atomic E-state index is 0.116. The van der Waals surface area contributed by atoms with E-state index < -0.39 is 36.6 Å². The minimum atomic E-state index is -0.438. The van der Waals surface area contributed by atoms with E-state index in [1.807, 2.05) is 12.1 Å². The predicted octanol–water partition coefficient (Wildman–Crippen LogP) is 5.82. The lowest BCUT2D eigenvalue weighted by Crippen LogP contribution is -2.41. The van der Waals surface area contributed by atoms with Crippen molar-refractivity contribution in [1.29, 1.82) is 0 Å². The van der Waals surface area contributed by atoms with Crippen molar-refractivity contribution in [2.45, 2.75) is 89.4 Å². The molecule has 170 valence electrons. The van der Waals surface area contributed by atoms with Crippen molar-refractivity contribution in [3.8, 4) is 0 Å². The highest BCUT2D eigenvalue weighted by Crippen LogP contribution is 2.49. The van der Waals surface area contributed by atoms with Crippen molar-refractivity contribution < 1.29 is 18.6 Å². The molecule has 4 nitrogen and oxygen atoms in total. The fourth-order valence-corrected chi connectivity index (χ4v) is 4.49. The predicted molar refractivity (Wildman–Crippen MR) is 131 cm³/mol. The molecule has 2 aliphatic heterocycles. The van der Waals surface area contributed by atoms with E-state index >= 15 is 0 Å². The second kappa shape index (κ2) is 8.02. The first-order valence-electron chi connectivity index (χ1n) is 11.7. The van der Waals surface area contributed by atoms with Crippen LogP contribution in [0.4, 0.5) is 0 Å². The summed E-state index contributed by atoms with van der Waals surface area (Å²) in [6.45, 7) is 16.8. The van der Waals surface area contributed by atoms with Crippen LogP contribution in [0.15, 0.2) is 60.7 Å². The Morgan fingerprint density at radius 3 is 0.969 bits per heavy atom. The van der Waals surface area contributed by atoms with Gasteiger partial charge >= 0.3 is 14.2 Å². The summed E-state index contributed by atoms with van der Waals surface area (Å²) in [5, 5.41) is 0. The standard InChI is InChI=1S/C26H36B2O4/c1-23(2)24(3,4)30-27(29-23)21(19-15-11-9-12-16-19)22(20-17-13-10-14-18-20)28-31-25(5,6)26(7,8)32-28/h9-18,21-22H,1-8H3/t21-,22-/m1/s1. The van der Waals surface area contributed by atoms with E-state index in [1.54, 1.807) is 0 Å². The zero-order valence-electron chi connectivity index (χ0n) is 20.7. The Hall–Kier alpha value is -1.59. The zero-order valence-corrected chi connectivity index (χ0v) is 20.7. The van der Waals surface area contributed by atoms with Gasteiger partial charge in [-0.25, -0.2) is 0 Å². The molecule has 0 aliphatic carbocycles. The number of rotatable bonds is 5. The Labute approximate surface area is 194 Å². The van der Waals surface area contributed by atoms with Gasteiger partial charge in [0.05, 0.1) is 22.4 Å². The van der Waals surface area contributed by atoms with E-state index in [0.717, 1.165) is 11.1 Å². The summed E-state index contributed by atoms with van der Waals surface area (Å²) >= 11 is 0. The van der Waals surface area contributed by atoms with Crippen molar-refractivity contribution in [1.82, 2.24) is 0 Å². The summed E-state index contributed by atoms with van der Waals surface area (Å²) in [5.74, 6) is -0.233. The van der Waals surface area contributed by atoms with Crippen LogP contribution in [-0.4, -0.2) is 36.6 Å². The van der Waals surface area contributed by atoms with Gasteiger partial charge in [-0.05, 0) is 66.5 Å². The number of hydrogen-bond acceptors (Lipinski definition) is 4. The summed E-state index contributed by atoms with van der Waals surface area (Å²) in [6.07, 6.45) is 0. The van der Waals surface area contributed by atoms with E-state index in [4.69, 9.17) is 18.6 Å². The highest BCUT2D eigenvalue weighted by molar-refractivity contribution is 6.55. The average molecular weight is 434 g/mol. The minimum Gasteiger partial charge on any atom is -0.403 e. The Kier molecular flexibility index (Phi) is 5.90. The van der Waals surface area contributed by atoms with Crippen LogP contribution < -0.4 is 0 Å². The molecule has 0 amide bonds. The molecule has 2 aromatic rings. The van der Waals surface area contributed by atoms with Crippen molar-refractivity contribution >= 4 is 14.2 Å². The lowest BCUT2D eigenvalue weighted by Gasteiger charge is -2.32. The van der Waals surface area contributed by atoms with Crippen molar-refractivity contribution in [3.63, 3.8) is 0 Å². The second-order valence-corrected chi connectivity index (χ2v) is 11.1.